The maximum Gasteiger partial charge on any atom is 0.274 e. The second kappa shape index (κ2) is 7.63. The Morgan fingerprint density at radius 2 is 2.07 bits per heavy atom. The zero-order chi connectivity index (χ0) is 19.7. The van der Waals surface area contributed by atoms with E-state index < -0.39 is 0 Å². The lowest BCUT2D eigenvalue weighted by molar-refractivity contribution is 0.0589. The molecule has 146 valence electrons. The highest BCUT2D eigenvalue weighted by atomic mass is 32.1. The predicted molar refractivity (Wildman–Crippen MR) is 108 cm³/mol. The highest BCUT2D eigenvalue weighted by Crippen LogP contribution is 2.24. The number of nitrogens with zero attached hydrogens (tertiary/aromatic N) is 3. The number of hydrogen-bond acceptors (Lipinski definition) is 5. The largest absolute Gasteiger partial charge is 0.490 e. The third-order valence-corrected chi connectivity index (χ3v) is 6.00. The summed E-state index contributed by atoms with van der Waals surface area (Å²) in [6.45, 7) is 3.09. The van der Waals surface area contributed by atoms with E-state index in [1.54, 1.807) is 29.0 Å². The first-order valence-electron chi connectivity index (χ1n) is 9.24. The Bertz CT molecular complexity index is 1030. The highest BCUT2D eigenvalue weighted by molar-refractivity contribution is 7.13. The SMILES string of the molecule is Cc1cc(OC2CCN(C(=O)c3cc(-c4cccs4)[nH]n3)CC2)cc(=O)n1C. The molecule has 7 nitrogen and oxygen atoms in total. The first kappa shape index (κ1) is 18.5. The number of aromatic amines is 1. The quantitative estimate of drug-likeness (QED) is 0.733. The van der Waals surface area contributed by atoms with Crippen LogP contribution in [0, 0.1) is 6.92 Å². The number of carbonyl (C=O) groups excluding carboxylic acids is 1. The van der Waals surface area contributed by atoms with Gasteiger partial charge in [-0.05, 0) is 30.5 Å². The molecular formula is C20H22N4O3S. The van der Waals surface area contributed by atoms with Gasteiger partial charge in [-0.15, -0.1) is 11.3 Å². The molecule has 0 unspecified atom stereocenters. The van der Waals surface area contributed by atoms with Gasteiger partial charge in [-0.2, -0.15) is 5.10 Å². The number of thiophene rings is 1. The molecule has 1 aliphatic heterocycles. The molecule has 3 aromatic heterocycles. The van der Waals surface area contributed by atoms with Gasteiger partial charge in [0.25, 0.3) is 11.5 Å². The van der Waals surface area contributed by atoms with E-state index in [-0.39, 0.29) is 17.6 Å². The Morgan fingerprint density at radius 1 is 1.29 bits per heavy atom. The molecular weight excluding hydrogens is 376 g/mol. The number of pyridine rings is 1. The topological polar surface area (TPSA) is 80.2 Å². The first-order chi connectivity index (χ1) is 13.5. The zero-order valence-corrected chi connectivity index (χ0v) is 16.7. The molecule has 4 heterocycles. The van der Waals surface area contributed by atoms with Crippen LogP contribution in [0.25, 0.3) is 10.6 Å². The molecule has 0 radical (unpaired) electrons. The lowest BCUT2D eigenvalue weighted by atomic mass is 10.1. The van der Waals surface area contributed by atoms with E-state index in [0.29, 0.717) is 24.5 Å². The highest BCUT2D eigenvalue weighted by Gasteiger charge is 2.26. The van der Waals surface area contributed by atoms with Crippen molar-refractivity contribution in [2.45, 2.75) is 25.9 Å². The Kier molecular flexibility index (Phi) is 5.04. The van der Waals surface area contributed by atoms with E-state index in [9.17, 15) is 9.59 Å². The smallest absolute Gasteiger partial charge is 0.274 e. The molecule has 1 aliphatic rings. The van der Waals surface area contributed by atoms with Crippen LogP contribution in [0.5, 0.6) is 5.75 Å². The number of aryl methyl sites for hydroxylation is 1. The predicted octanol–water partition coefficient (Wildman–Crippen LogP) is 2.83. The molecule has 8 heteroatoms. The van der Waals surface area contributed by atoms with Crippen LogP contribution in [0.4, 0.5) is 0 Å². The first-order valence-corrected chi connectivity index (χ1v) is 10.1. The molecule has 0 saturated carbocycles. The maximum atomic E-state index is 12.7. The van der Waals surface area contributed by atoms with Crippen LogP contribution < -0.4 is 10.3 Å². The Hall–Kier alpha value is -2.87. The molecule has 4 rings (SSSR count). The van der Waals surface area contributed by atoms with Gasteiger partial charge in [0, 0.05) is 44.7 Å². The van der Waals surface area contributed by atoms with Crippen molar-refractivity contribution in [2.75, 3.05) is 13.1 Å². The Balaban J connectivity index is 1.36. The summed E-state index contributed by atoms with van der Waals surface area (Å²) in [6.07, 6.45) is 1.45. The summed E-state index contributed by atoms with van der Waals surface area (Å²) in [5, 5.41) is 9.12. The van der Waals surface area contributed by atoms with Gasteiger partial charge in [-0.25, -0.2) is 0 Å². The van der Waals surface area contributed by atoms with E-state index >= 15 is 0 Å². The molecule has 3 aromatic rings. The van der Waals surface area contributed by atoms with Crippen LogP contribution in [0.1, 0.15) is 29.0 Å². The maximum absolute atomic E-state index is 12.7. The molecule has 1 saturated heterocycles. The van der Waals surface area contributed by atoms with Gasteiger partial charge in [0.05, 0.1) is 10.6 Å². The summed E-state index contributed by atoms with van der Waals surface area (Å²) in [5.74, 6) is 0.528. The monoisotopic (exact) mass is 398 g/mol. The van der Waals surface area contributed by atoms with E-state index in [1.165, 1.54) is 6.07 Å². The average molecular weight is 398 g/mol. The molecule has 0 bridgehead atoms. The number of ether oxygens (including phenoxy) is 1. The molecule has 1 amide bonds. The van der Waals surface area contributed by atoms with Crippen molar-refractivity contribution in [2.24, 2.45) is 7.05 Å². The summed E-state index contributed by atoms with van der Waals surface area (Å²) in [5.41, 5.74) is 2.07. The van der Waals surface area contributed by atoms with Crippen LogP contribution in [0.15, 0.2) is 40.5 Å². The molecule has 0 atom stereocenters. The van der Waals surface area contributed by atoms with Crippen molar-refractivity contribution in [1.29, 1.82) is 0 Å². The van der Waals surface area contributed by atoms with E-state index in [0.717, 1.165) is 29.1 Å². The minimum atomic E-state index is -0.0808. The van der Waals surface area contributed by atoms with Gasteiger partial charge >= 0.3 is 0 Å². The van der Waals surface area contributed by atoms with Crippen LogP contribution in [0.3, 0.4) is 0 Å². The summed E-state index contributed by atoms with van der Waals surface area (Å²) in [4.78, 5) is 27.5. The number of hydrogen-bond donors (Lipinski definition) is 1. The van der Waals surface area contributed by atoms with Crippen molar-refractivity contribution >= 4 is 17.2 Å². The third-order valence-electron chi connectivity index (χ3n) is 5.09. The molecule has 1 fully saturated rings. The van der Waals surface area contributed by atoms with Gasteiger partial charge in [0.2, 0.25) is 0 Å². The molecule has 0 aliphatic carbocycles. The number of likely N-dealkylation sites (tertiary alicyclic amines) is 1. The molecule has 0 spiro atoms. The molecule has 28 heavy (non-hydrogen) atoms. The summed E-state index contributed by atoms with van der Waals surface area (Å²) >= 11 is 1.60. The minimum Gasteiger partial charge on any atom is -0.490 e. The third kappa shape index (κ3) is 3.73. The van der Waals surface area contributed by atoms with Gasteiger partial charge in [0.1, 0.15) is 11.9 Å². The van der Waals surface area contributed by atoms with Gasteiger partial charge in [-0.1, -0.05) is 6.07 Å². The van der Waals surface area contributed by atoms with E-state index in [1.807, 2.05) is 35.4 Å². The number of nitrogens with one attached hydrogen (secondary N) is 1. The second-order valence-electron chi connectivity index (χ2n) is 6.98. The second-order valence-corrected chi connectivity index (χ2v) is 7.93. The van der Waals surface area contributed by atoms with Crippen molar-refractivity contribution < 1.29 is 9.53 Å². The summed E-state index contributed by atoms with van der Waals surface area (Å²) in [7, 11) is 1.74. The van der Waals surface area contributed by atoms with Crippen molar-refractivity contribution in [3.05, 3.63) is 57.5 Å². The van der Waals surface area contributed by atoms with E-state index in [2.05, 4.69) is 10.2 Å². The number of carbonyl (C=O) groups is 1. The number of piperidine rings is 1. The number of rotatable bonds is 4. The standard InChI is InChI=1S/C20H22N4O3S/c1-13-10-15(11-19(25)23(13)2)27-14-5-7-24(8-6-14)20(26)17-12-16(21-22-17)18-4-3-9-28-18/h3-4,9-12,14H,5-8H2,1-2H3,(H,21,22). The van der Waals surface area contributed by atoms with Crippen molar-refractivity contribution in [3.8, 4) is 16.3 Å². The van der Waals surface area contributed by atoms with Gasteiger partial charge < -0.3 is 14.2 Å². The van der Waals surface area contributed by atoms with Crippen LogP contribution in [-0.2, 0) is 7.05 Å². The fraction of sp³-hybridized carbons (Fsp3) is 0.350. The lowest BCUT2D eigenvalue weighted by Crippen LogP contribution is -2.42. The molecule has 0 aromatic carbocycles. The fourth-order valence-corrected chi connectivity index (χ4v) is 4.02. The van der Waals surface area contributed by atoms with E-state index in [4.69, 9.17) is 4.74 Å². The lowest BCUT2D eigenvalue weighted by Gasteiger charge is -2.31. The van der Waals surface area contributed by atoms with Crippen molar-refractivity contribution in [1.82, 2.24) is 19.7 Å². The Morgan fingerprint density at radius 3 is 2.75 bits per heavy atom. The van der Waals surface area contributed by atoms with Crippen LogP contribution >= 0.6 is 11.3 Å². The zero-order valence-electron chi connectivity index (χ0n) is 15.8. The fourth-order valence-electron chi connectivity index (χ4n) is 3.33. The number of aromatic nitrogens is 3. The average Bonchev–Trinajstić information content (AvgIpc) is 3.37. The normalized spacial score (nSPS) is 15.0. The van der Waals surface area contributed by atoms with Gasteiger partial charge in [0.15, 0.2) is 5.69 Å². The van der Waals surface area contributed by atoms with Gasteiger partial charge in [-0.3, -0.25) is 14.7 Å². The minimum absolute atomic E-state index is 0.00332. The number of amides is 1. The summed E-state index contributed by atoms with van der Waals surface area (Å²) < 4.78 is 7.57. The molecule has 1 N–H and O–H groups in total. The van der Waals surface area contributed by atoms with Crippen LogP contribution in [0.2, 0.25) is 0 Å². The Labute approximate surface area is 166 Å². The van der Waals surface area contributed by atoms with Crippen LogP contribution in [-0.4, -0.2) is 44.8 Å². The van der Waals surface area contributed by atoms with Crippen molar-refractivity contribution in [3.63, 3.8) is 0 Å². The number of H-pyrrole nitrogens is 1. The summed E-state index contributed by atoms with van der Waals surface area (Å²) in [6, 6.07) is 9.15.